The molecule has 0 atom stereocenters. The predicted molar refractivity (Wildman–Crippen MR) is 61.0 cm³/mol. The maximum Gasteiger partial charge on any atom is 0.136 e. The first-order chi connectivity index (χ1) is 7.20. The van der Waals surface area contributed by atoms with Crippen molar-refractivity contribution in [1.29, 1.82) is 0 Å². The second kappa shape index (κ2) is 4.14. The quantitative estimate of drug-likeness (QED) is 0.782. The molecule has 0 spiro atoms. The zero-order valence-electron chi connectivity index (χ0n) is 9.62. The molecule has 0 aliphatic carbocycles. The summed E-state index contributed by atoms with van der Waals surface area (Å²) >= 11 is 0. The molecule has 15 heavy (non-hydrogen) atoms. The second-order valence-corrected chi connectivity index (χ2v) is 4.25. The molecular weight excluding hydrogens is 188 g/mol. The molecule has 0 radical (unpaired) electrons. The van der Waals surface area contributed by atoms with Crippen molar-refractivity contribution in [3.05, 3.63) is 17.6 Å². The topological polar surface area (TPSA) is 41.1 Å². The standard InChI is InChI=1S/C11H18N4/c1-8(2)15(3)11-9-6-12-5-4-10(9)13-7-14-11/h7-8,12H,4-6H2,1-3H3. The fourth-order valence-corrected chi connectivity index (χ4v) is 1.80. The monoisotopic (exact) mass is 206 g/mol. The van der Waals surface area contributed by atoms with Crippen LogP contribution in [0.25, 0.3) is 0 Å². The molecule has 4 heteroatoms. The van der Waals surface area contributed by atoms with Crippen LogP contribution in [-0.4, -0.2) is 29.6 Å². The van der Waals surface area contributed by atoms with E-state index in [-0.39, 0.29) is 0 Å². The Morgan fingerprint density at radius 1 is 1.40 bits per heavy atom. The zero-order valence-corrected chi connectivity index (χ0v) is 9.62. The normalized spacial score (nSPS) is 15.2. The summed E-state index contributed by atoms with van der Waals surface area (Å²) in [5, 5.41) is 3.37. The molecular formula is C11H18N4. The highest BCUT2D eigenvalue weighted by molar-refractivity contribution is 5.49. The van der Waals surface area contributed by atoms with Gasteiger partial charge in [-0.1, -0.05) is 0 Å². The van der Waals surface area contributed by atoms with Crippen molar-refractivity contribution in [1.82, 2.24) is 15.3 Å². The minimum Gasteiger partial charge on any atom is -0.357 e. The Bertz CT molecular complexity index is 348. The molecule has 1 aromatic heterocycles. The van der Waals surface area contributed by atoms with Crippen LogP contribution in [0.2, 0.25) is 0 Å². The average Bonchev–Trinajstić information content (AvgIpc) is 2.27. The maximum absolute atomic E-state index is 4.39. The molecule has 1 aromatic rings. The van der Waals surface area contributed by atoms with Crippen molar-refractivity contribution in [2.75, 3.05) is 18.5 Å². The number of aromatic nitrogens is 2. The van der Waals surface area contributed by atoms with Gasteiger partial charge in [-0.15, -0.1) is 0 Å². The Kier molecular flexibility index (Phi) is 2.86. The van der Waals surface area contributed by atoms with E-state index in [9.17, 15) is 0 Å². The van der Waals surface area contributed by atoms with Crippen LogP contribution in [0, 0.1) is 0 Å². The highest BCUT2D eigenvalue weighted by Gasteiger charge is 2.18. The Morgan fingerprint density at radius 2 is 2.20 bits per heavy atom. The third-order valence-electron chi connectivity index (χ3n) is 2.96. The van der Waals surface area contributed by atoms with E-state index in [4.69, 9.17) is 0 Å². The highest BCUT2D eigenvalue weighted by atomic mass is 15.2. The minimum absolute atomic E-state index is 0.464. The van der Waals surface area contributed by atoms with Gasteiger partial charge in [0.05, 0.1) is 5.69 Å². The van der Waals surface area contributed by atoms with Crippen molar-refractivity contribution in [3.8, 4) is 0 Å². The van der Waals surface area contributed by atoms with E-state index in [1.165, 1.54) is 11.3 Å². The van der Waals surface area contributed by atoms with Gasteiger partial charge in [0.25, 0.3) is 0 Å². The molecule has 4 nitrogen and oxygen atoms in total. The van der Waals surface area contributed by atoms with E-state index < -0.39 is 0 Å². The van der Waals surface area contributed by atoms with Gasteiger partial charge in [-0.25, -0.2) is 9.97 Å². The number of hydrogen-bond donors (Lipinski definition) is 1. The van der Waals surface area contributed by atoms with E-state index >= 15 is 0 Å². The summed E-state index contributed by atoms with van der Waals surface area (Å²) in [6.07, 6.45) is 2.69. The first kappa shape index (κ1) is 10.4. The predicted octanol–water partition coefficient (Wildman–Crippen LogP) is 0.967. The average molecular weight is 206 g/mol. The van der Waals surface area contributed by atoms with Gasteiger partial charge in [-0.2, -0.15) is 0 Å². The molecule has 0 amide bonds. The van der Waals surface area contributed by atoms with Crippen LogP contribution >= 0.6 is 0 Å². The van der Waals surface area contributed by atoms with Crippen molar-refractivity contribution < 1.29 is 0 Å². The second-order valence-electron chi connectivity index (χ2n) is 4.25. The molecule has 1 N–H and O–H groups in total. The molecule has 0 unspecified atom stereocenters. The van der Waals surface area contributed by atoms with E-state index in [1.807, 2.05) is 0 Å². The lowest BCUT2D eigenvalue weighted by molar-refractivity contribution is 0.617. The fraction of sp³-hybridized carbons (Fsp3) is 0.636. The molecule has 0 bridgehead atoms. The van der Waals surface area contributed by atoms with Crippen molar-refractivity contribution >= 4 is 5.82 Å². The van der Waals surface area contributed by atoms with Crippen LogP contribution in [0.3, 0.4) is 0 Å². The molecule has 2 heterocycles. The molecule has 82 valence electrons. The molecule has 2 rings (SSSR count). The van der Waals surface area contributed by atoms with Crippen LogP contribution < -0.4 is 10.2 Å². The van der Waals surface area contributed by atoms with Crippen molar-refractivity contribution in [2.45, 2.75) is 32.9 Å². The Morgan fingerprint density at radius 3 is 2.93 bits per heavy atom. The summed E-state index contributed by atoms with van der Waals surface area (Å²) in [7, 11) is 2.09. The first-order valence-corrected chi connectivity index (χ1v) is 5.46. The van der Waals surface area contributed by atoms with Gasteiger partial charge >= 0.3 is 0 Å². The van der Waals surface area contributed by atoms with Gasteiger partial charge in [-0.05, 0) is 13.8 Å². The van der Waals surface area contributed by atoms with E-state index in [0.717, 1.165) is 25.3 Å². The lowest BCUT2D eigenvalue weighted by atomic mass is 10.1. The Labute approximate surface area is 90.7 Å². The van der Waals surface area contributed by atoms with Crippen molar-refractivity contribution in [3.63, 3.8) is 0 Å². The number of hydrogen-bond acceptors (Lipinski definition) is 4. The van der Waals surface area contributed by atoms with Crippen LogP contribution in [0.5, 0.6) is 0 Å². The number of anilines is 1. The number of rotatable bonds is 2. The highest BCUT2D eigenvalue weighted by Crippen LogP contribution is 2.22. The fourth-order valence-electron chi connectivity index (χ4n) is 1.80. The third-order valence-corrected chi connectivity index (χ3v) is 2.96. The SMILES string of the molecule is CC(C)N(C)c1ncnc2c1CNCC2. The lowest BCUT2D eigenvalue weighted by Crippen LogP contribution is -2.32. The van der Waals surface area contributed by atoms with E-state index in [0.29, 0.717) is 6.04 Å². The van der Waals surface area contributed by atoms with Crippen LogP contribution in [0.1, 0.15) is 25.1 Å². The summed E-state index contributed by atoms with van der Waals surface area (Å²) in [5.41, 5.74) is 2.46. The van der Waals surface area contributed by atoms with Crippen LogP contribution in [0.15, 0.2) is 6.33 Å². The van der Waals surface area contributed by atoms with Gasteiger partial charge in [0.15, 0.2) is 0 Å². The lowest BCUT2D eigenvalue weighted by Gasteiger charge is -2.27. The van der Waals surface area contributed by atoms with Gasteiger partial charge in [0.1, 0.15) is 12.1 Å². The summed E-state index contributed by atoms with van der Waals surface area (Å²) < 4.78 is 0. The Hall–Kier alpha value is -1.16. The van der Waals surface area contributed by atoms with Crippen molar-refractivity contribution in [2.24, 2.45) is 0 Å². The summed E-state index contributed by atoms with van der Waals surface area (Å²) in [5.74, 6) is 1.07. The van der Waals surface area contributed by atoms with Gasteiger partial charge in [0, 0.05) is 38.2 Å². The molecule has 0 saturated heterocycles. The van der Waals surface area contributed by atoms with Gasteiger partial charge in [-0.3, -0.25) is 0 Å². The van der Waals surface area contributed by atoms with E-state index in [1.54, 1.807) is 6.33 Å². The number of nitrogens with zero attached hydrogens (tertiary/aromatic N) is 3. The van der Waals surface area contributed by atoms with Crippen LogP contribution in [0.4, 0.5) is 5.82 Å². The smallest absolute Gasteiger partial charge is 0.136 e. The molecule has 1 aliphatic rings. The molecule has 0 aromatic carbocycles. The largest absolute Gasteiger partial charge is 0.357 e. The van der Waals surface area contributed by atoms with Gasteiger partial charge in [0.2, 0.25) is 0 Å². The summed E-state index contributed by atoms with van der Waals surface area (Å²) in [4.78, 5) is 10.9. The minimum atomic E-state index is 0.464. The molecule has 1 aliphatic heterocycles. The zero-order chi connectivity index (χ0) is 10.8. The van der Waals surface area contributed by atoms with Crippen LogP contribution in [-0.2, 0) is 13.0 Å². The number of nitrogens with one attached hydrogen (secondary N) is 1. The summed E-state index contributed by atoms with van der Waals surface area (Å²) in [6.45, 7) is 6.26. The molecule has 0 fully saturated rings. The summed E-state index contributed by atoms with van der Waals surface area (Å²) in [6, 6.07) is 0.464. The maximum atomic E-state index is 4.39. The van der Waals surface area contributed by atoms with Gasteiger partial charge < -0.3 is 10.2 Å². The third kappa shape index (κ3) is 1.95. The Balaban J connectivity index is 2.39. The molecule has 0 saturated carbocycles. The number of fused-ring (bicyclic) bond motifs is 1. The van der Waals surface area contributed by atoms with E-state index in [2.05, 4.69) is 41.1 Å². The first-order valence-electron chi connectivity index (χ1n) is 5.46.